The lowest BCUT2D eigenvalue weighted by Gasteiger charge is -2.41. The molecule has 6 nitrogen and oxygen atoms in total. The lowest BCUT2D eigenvalue weighted by atomic mass is 9.58. The standard InChI is InChI=1S/C26H28O6/c1-3-31-23(29)25(15-19-11-7-5-8-12-19)17-22(28)26(18-21(25)27,24(30)32-4-2)16-20-13-9-6-10-14-20/h5-14H,3-4,15-18H2,1-2H3/t25-,26+. The van der Waals surface area contributed by atoms with Gasteiger partial charge in [0.25, 0.3) is 0 Å². The molecule has 1 fully saturated rings. The molecular formula is C26H28O6. The average molecular weight is 437 g/mol. The molecule has 168 valence electrons. The number of hydrogen-bond donors (Lipinski definition) is 0. The van der Waals surface area contributed by atoms with E-state index >= 15 is 0 Å². The van der Waals surface area contributed by atoms with E-state index in [1.165, 1.54) is 0 Å². The summed E-state index contributed by atoms with van der Waals surface area (Å²) in [5, 5.41) is 0. The number of hydrogen-bond acceptors (Lipinski definition) is 6. The molecule has 2 atom stereocenters. The van der Waals surface area contributed by atoms with E-state index in [-0.39, 0.29) is 26.1 Å². The van der Waals surface area contributed by atoms with Crippen LogP contribution in [0.1, 0.15) is 37.8 Å². The van der Waals surface area contributed by atoms with Crippen molar-refractivity contribution in [2.45, 2.75) is 39.5 Å². The fourth-order valence-electron chi connectivity index (χ4n) is 4.35. The summed E-state index contributed by atoms with van der Waals surface area (Å²) in [4.78, 5) is 53.3. The van der Waals surface area contributed by atoms with E-state index in [0.29, 0.717) is 0 Å². The van der Waals surface area contributed by atoms with Gasteiger partial charge in [-0.25, -0.2) is 0 Å². The molecule has 0 amide bonds. The van der Waals surface area contributed by atoms with Crippen LogP contribution in [0.25, 0.3) is 0 Å². The maximum absolute atomic E-state index is 13.6. The van der Waals surface area contributed by atoms with Gasteiger partial charge in [-0.2, -0.15) is 0 Å². The Balaban J connectivity index is 2.03. The van der Waals surface area contributed by atoms with Crippen molar-refractivity contribution in [3.63, 3.8) is 0 Å². The van der Waals surface area contributed by atoms with E-state index in [1.807, 2.05) is 36.4 Å². The van der Waals surface area contributed by atoms with Crippen molar-refractivity contribution < 1.29 is 28.7 Å². The van der Waals surface area contributed by atoms with Gasteiger partial charge in [-0.15, -0.1) is 0 Å². The molecular weight excluding hydrogens is 408 g/mol. The largest absolute Gasteiger partial charge is 0.465 e. The molecule has 0 aliphatic heterocycles. The Labute approximate surface area is 187 Å². The van der Waals surface area contributed by atoms with Crippen LogP contribution in [-0.4, -0.2) is 36.7 Å². The summed E-state index contributed by atoms with van der Waals surface area (Å²) >= 11 is 0. The predicted molar refractivity (Wildman–Crippen MR) is 118 cm³/mol. The van der Waals surface area contributed by atoms with Crippen LogP contribution < -0.4 is 0 Å². The molecule has 0 N–H and O–H groups in total. The van der Waals surface area contributed by atoms with Crippen molar-refractivity contribution >= 4 is 23.5 Å². The summed E-state index contributed by atoms with van der Waals surface area (Å²) in [5.74, 6) is -2.38. The Hall–Kier alpha value is -3.28. The van der Waals surface area contributed by atoms with Gasteiger partial charge < -0.3 is 9.47 Å². The van der Waals surface area contributed by atoms with E-state index in [1.54, 1.807) is 38.1 Å². The molecule has 0 aromatic heterocycles. The highest BCUT2D eigenvalue weighted by Gasteiger charge is 2.61. The first-order valence-electron chi connectivity index (χ1n) is 10.9. The smallest absolute Gasteiger partial charge is 0.320 e. The fourth-order valence-corrected chi connectivity index (χ4v) is 4.35. The van der Waals surface area contributed by atoms with Gasteiger partial charge >= 0.3 is 11.9 Å². The van der Waals surface area contributed by atoms with Crippen LogP contribution in [0.3, 0.4) is 0 Å². The summed E-state index contributed by atoms with van der Waals surface area (Å²) < 4.78 is 10.5. The maximum Gasteiger partial charge on any atom is 0.320 e. The second-order valence-corrected chi connectivity index (χ2v) is 8.13. The number of Topliss-reactive ketones (excluding diaryl/α,β-unsaturated/α-hetero) is 2. The van der Waals surface area contributed by atoms with Crippen LogP contribution in [0.4, 0.5) is 0 Å². The molecule has 1 aliphatic rings. The highest BCUT2D eigenvalue weighted by atomic mass is 16.5. The predicted octanol–water partition coefficient (Wildman–Crippen LogP) is 3.50. The van der Waals surface area contributed by atoms with Crippen LogP contribution in [-0.2, 0) is 41.5 Å². The Bertz CT molecular complexity index is 902. The molecule has 0 unspecified atom stereocenters. The second-order valence-electron chi connectivity index (χ2n) is 8.13. The van der Waals surface area contributed by atoms with Gasteiger partial charge in [-0.1, -0.05) is 60.7 Å². The third-order valence-electron chi connectivity index (χ3n) is 6.02. The summed E-state index contributed by atoms with van der Waals surface area (Å²) in [6, 6.07) is 18.1. The van der Waals surface area contributed by atoms with Gasteiger partial charge in [-0.05, 0) is 37.8 Å². The molecule has 0 radical (unpaired) electrons. The lowest BCUT2D eigenvalue weighted by molar-refractivity contribution is -0.176. The molecule has 2 aromatic rings. The SMILES string of the molecule is CCOC(=O)[C@]1(Cc2ccccc2)CC(=O)[C@@](Cc2ccccc2)(C(=O)OCC)CC1=O. The normalized spacial score (nSPS) is 22.9. The van der Waals surface area contributed by atoms with Gasteiger partial charge in [0.05, 0.1) is 13.2 Å². The number of ether oxygens (including phenoxy) is 2. The molecule has 1 saturated carbocycles. The first-order valence-corrected chi connectivity index (χ1v) is 10.9. The van der Waals surface area contributed by atoms with E-state index in [9.17, 15) is 19.2 Å². The number of carbonyl (C=O) groups is 4. The van der Waals surface area contributed by atoms with Gasteiger partial charge in [-0.3, -0.25) is 19.2 Å². The minimum Gasteiger partial charge on any atom is -0.465 e. The molecule has 6 heteroatoms. The zero-order chi connectivity index (χ0) is 23.2. The first kappa shape index (κ1) is 23.4. The third-order valence-corrected chi connectivity index (χ3v) is 6.02. The molecule has 0 bridgehead atoms. The van der Waals surface area contributed by atoms with E-state index in [2.05, 4.69) is 0 Å². The van der Waals surface area contributed by atoms with Crippen LogP contribution in [0.15, 0.2) is 60.7 Å². The highest BCUT2D eigenvalue weighted by Crippen LogP contribution is 2.46. The molecule has 0 spiro atoms. The van der Waals surface area contributed by atoms with Gasteiger partial charge in [0.2, 0.25) is 0 Å². The average Bonchev–Trinajstić information content (AvgIpc) is 2.78. The zero-order valence-corrected chi connectivity index (χ0v) is 18.5. The van der Waals surface area contributed by atoms with Crippen molar-refractivity contribution in [3.8, 4) is 0 Å². The molecule has 3 rings (SSSR count). The van der Waals surface area contributed by atoms with Crippen LogP contribution in [0.2, 0.25) is 0 Å². The number of rotatable bonds is 8. The molecule has 0 saturated heterocycles. The summed E-state index contributed by atoms with van der Waals surface area (Å²) in [6.45, 7) is 3.48. The molecule has 2 aromatic carbocycles. The van der Waals surface area contributed by atoms with Crippen molar-refractivity contribution in [1.82, 2.24) is 0 Å². The Morgan fingerprint density at radius 1 is 0.688 bits per heavy atom. The van der Waals surface area contributed by atoms with Crippen LogP contribution in [0, 0.1) is 10.8 Å². The fraction of sp³-hybridized carbons (Fsp3) is 0.385. The Morgan fingerprint density at radius 2 is 1.03 bits per heavy atom. The van der Waals surface area contributed by atoms with E-state index in [0.717, 1.165) is 11.1 Å². The molecule has 1 aliphatic carbocycles. The Morgan fingerprint density at radius 3 is 1.34 bits per heavy atom. The minimum absolute atomic E-state index is 0.0431. The Kier molecular flexibility index (Phi) is 7.23. The lowest BCUT2D eigenvalue weighted by Crippen LogP contribution is -2.57. The van der Waals surface area contributed by atoms with Gasteiger partial charge in [0.1, 0.15) is 10.8 Å². The van der Waals surface area contributed by atoms with Crippen molar-refractivity contribution in [1.29, 1.82) is 0 Å². The van der Waals surface area contributed by atoms with Crippen molar-refractivity contribution in [2.24, 2.45) is 10.8 Å². The minimum atomic E-state index is -1.65. The number of benzene rings is 2. The quantitative estimate of drug-likeness (QED) is 0.465. The first-order chi connectivity index (χ1) is 15.4. The monoisotopic (exact) mass is 436 g/mol. The zero-order valence-electron chi connectivity index (χ0n) is 18.5. The topological polar surface area (TPSA) is 86.7 Å². The van der Waals surface area contributed by atoms with Crippen LogP contribution in [0.5, 0.6) is 0 Å². The van der Waals surface area contributed by atoms with Crippen LogP contribution >= 0.6 is 0 Å². The van der Waals surface area contributed by atoms with Gasteiger partial charge in [0, 0.05) is 12.8 Å². The summed E-state index contributed by atoms with van der Waals surface area (Å²) in [6.07, 6.45) is -0.709. The van der Waals surface area contributed by atoms with E-state index in [4.69, 9.17) is 9.47 Å². The number of carbonyl (C=O) groups excluding carboxylic acids is 4. The third kappa shape index (κ3) is 4.49. The second kappa shape index (κ2) is 9.90. The molecule has 32 heavy (non-hydrogen) atoms. The summed E-state index contributed by atoms with van der Waals surface area (Å²) in [5.41, 5.74) is -1.82. The number of esters is 2. The van der Waals surface area contributed by atoms with Crippen molar-refractivity contribution in [3.05, 3.63) is 71.8 Å². The van der Waals surface area contributed by atoms with Crippen molar-refractivity contribution in [2.75, 3.05) is 13.2 Å². The maximum atomic E-state index is 13.6. The van der Waals surface area contributed by atoms with E-state index < -0.39 is 47.2 Å². The number of ketones is 2. The summed E-state index contributed by atoms with van der Waals surface area (Å²) in [7, 11) is 0. The molecule has 0 heterocycles. The highest BCUT2D eigenvalue weighted by molar-refractivity contribution is 6.18. The van der Waals surface area contributed by atoms with Gasteiger partial charge in [0.15, 0.2) is 11.6 Å².